The number of carbonyl (C=O) groups is 2. The molecule has 0 spiro atoms. The van der Waals surface area contributed by atoms with E-state index in [4.69, 9.17) is 23.8 Å². The Labute approximate surface area is 194 Å². The zero-order valence-corrected chi connectivity index (χ0v) is 19.6. The molecule has 3 rings (SSSR count). The fraction of sp³-hybridized carbons (Fsp3) is 0.286. The second-order valence-corrected chi connectivity index (χ2v) is 8.56. The maximum atomic E-state index is 12.4. The molecule has 6 nitrogen and oxygen atoms in total. The number of hydrogen-bond acceptors (Lipinski definition) is 4. The molecule has 2 amide bonds. The van der Waals surface area contributed by atoms with Crippen LogP contribution in [0, 0.1) is 0 Å². The normalized spacial score (nSPS) is 13.7. The number of carbonyl (C=O) groups excluding carboxylic acids is 2. The van der Waals surface area contributed by atoms with Crippen LogP contribution in [0.25, 0.3) is 0 Å². The van der Waals surface area contributed by atoms with Crippen LogP contribution < -0.4 is 15.5 Å². The lowest BCUT2D eigenvalue weighted by Gasteiger charge is -2.37. The lowest BCUT2D eigenvalue weighted by molar-refractivity contribution is -0.131. The standard InChI is InChI=1S/C21H22BrClN4O2S/c1-2-19(28)27-11-9-26(10-12-27)18-8-7-16(23)13-17(18)24-21(30)25-20(29)14-3-5-15(22)6-4-14/h3-8,13H,2,9-12H2,1H3,(H2,24,25,29,30). The number of nitrogens with one attached hydrogen (secondary N) is 2. The summed E-state index contributed by atoms with van der Waals surface area (Å²) in [7, 11) is 0. The first-order chi connectivity index (χ1) is 14.4. The molecule has 0 aliphatic carbocycles. The van der Waals surface area contributed by atoms with Crippen LogP contribution in [0.2, 0.25) is 5.02 Å². The topological polar surface area (TPSA) is 64.7 Å². The van der Waals surface area contributed by atoms with Gasteiger partial charge in [0, 0.05) is 47.7 Å². The average molecular weight is 510 g/mol. The van der Waals surface area contributed by atoms with Crippen molar-refractivity contribution in [2.75, 3.05) is 36.4 Å². The summed E-state index contributed by atoms with van der Waals surface area (Å²) in [6.45, 7) is 4.62. The molecule has 2 aromatic rings. The fourth-order valence-electron chi connectivity index (χ4n) is 3.23. The van der Waals surface area contributed by atoms with Gasteiger partial charge in [-0.25, -0.2) is 0 Å². The van der Waals surface area contributed by atoms with Crippen molar-refractivity contribution in [2.45, 2.75) is 13.3 Å². The molecular formula is C21H22BrClN4O2S. The highest BCUT2D eigenvalue weighted by Gasteiger charge is 2.22. The summed E-state index contributed by atoms with van der Waals surface area (Å²) in [5.74, 6) is -0.129. The number of halogens is 2. The minimum atomic E-state index is -0.296. The van der Waals surface area contributed by atoms with Gasteiger partial charge in [0.1, 0.15) is 0 Å². The fourth-order valence-corrected chi connectivity index (χ4v) is 3.87. The molecule has 1 heterocycles. The SMILES string of the molecule is CCC(=O)N1CCN(c2ccc(Cl)cc2NC(=S)NC(=O)c2ccc(Br)cc2)CC1. The zero-order valence-electron chi connectivity index (χ0n) is 16.5. The quantitative estimate of drug-likeness (QED) is 0.602. The van der Waals surface area contributed by atoms with E-state index in [1.54, 1.807) is 30.3 Å². The van der Waals surface area contributed by atoms with Crippen LogP contribution >= 0.6 is 39.7 Å². The third-order valence-electron chi connectivity index (χ3n) is 4.82. The van der Waals surface area contributed by atoms with E-state index in [0.717, 1.165) is 10.2 Å². The number of benzene rings is 2. The van der Waals surface area contributed by atoms with Crippen LogP contribution in [0.15, 0.2) is 46.9 Å². The molecule has 0 saturated carbocycles. The Kier molecular flexibility index (Phi) is 7.69. The van der Waals surface area contributed by atoms with Crippen LogP contribution in [0.4, 0.5) is 11.4 Å². The van der Waals surface area contributed by atoms with Crippen molar-refractivity contribution in [2.24, 2.45) is 0 Å². The van der Waals surface area contributed by atoms with Gasteiger partial charge in [0.25, 0.3) is 5.91 Å². The number of hydrogen-bond donors (Lipinski definition) is 2. The van der Waals surface area contributed by atoms with Gasteiger partial charge >= 0.3 is 0 Å². The molecule has 9 heteroatoms. The summed E-state index contributed by atoms with van der Waals surface area (Å²) < 4.78 is 0.893. The van der Waals surface area contributed by atoms with Crippen molar-refractivity contribution in [3.05, 3.63) is 57.5 Å². The summed E-state index contributed by atoms with van der Waals surface area (Å²) >= 11 is 14.9. The zero-order chi connectivity index (χ0) is 21.7. The minimum absolute atomic E-state index is 0.168. The first-order valence-electron chi connectivity index (χ1n) is 9.57. The second kappa shape index (κ2) is 10.2. The minimum Gasteiger partial charge on any atom is -0.366 e. The first-order valence-corrected chi connectivity index (χ1v) is 11.2. The van der Waals surface area contributed by atoms with E-state index in [1.807, 2.05) is 24.0 Å². The Hall–Kier alpha value is -2.16. The third-order valence-corrected chi connectivity index (χ3v) is 5.78. The Morgan fingerprint density at radius 2 is 1.77 bits per heavy atom. The predicted octanol–water partition coefficient (Wildman–Crippen LogP) is 4.29. The molecule has 0 unspecified atom stereocenters. The maximum Gasteiger partial charge on any atom is 0.257 e. The van der Waals surface area contributed by atoms with Gasteiger partial charge in [-0.2, -0.15) is 0 Å². The largest absolute Gasteiger partial charge is 0.366 e. The molecule has 2 N–H and O–H groups in total. The van der Waals surface area contributed by atoms with Crippen LogP contribution in [0.5, 0.6) is 0 Å². The molecule has 1 aliphatic heterocycles. The average Bonchev–Trinajstić information content (AvgIpc) is 2.74. The molecular weight excluding hydrogens is 488 g/mol. The van der Waals surface area contributed by atoms with Gasteiger partial charge in [-0.3, -0.25) is 14.9 Å². The molecule has 0 atom stereocenters. The molecule has 1 aliphatic rings. The third kappa shape index (κ3) is 5.71. The molecule has 158 valence electrons. The summed E-state index contributed by atoms with van der Waals surface area (Å²) in [5, 5.41) is 6.53. The lowest BCUT2D eigenvalue weighted by Crippen LogP contribution is -2.48. The van der Waals surface area contributed by atoms with E-state index in [1.165, 1.54) is 0 Å². The summed E-state index contributed by atoms with van der Waals surface area (Å²) in [4.78, 5) is 28.4. The molecule has 0 radical (unpaired) electrons. The van der Waals surface area contributed by atoms with E-state index in [0.29, 0.717) is 48.9 Å². The summed E-state index contributed by atoms with van der Waals surface area (Å²) in [6, 6.07) is 12.5. The Balaban J connectivity index is 1.68. The van der Waals surface area contributed by atoms with Crippen molar-refractivity contribution in [3.63, 3.8) is 0 Å². The molecule has 30 heavy (non-hydrogen) atoms. The maximum absolute atomic E-state index is 12.4. The van der Waals surface area contributed by atoms with Gasteiger partial charge in [-0.05, 0) is 54.7 Å². The molecule has 0 bridgehead atoms. The van der Waals surface area contributed by atoms with Crippen LogP contribution in [-0.4, -0.2) is 48.0 Å². The van der Waals surface area contributed by atoms with Gasteiger partial charge in [0.2, 0.25) is 5.91 Å². The smallest absolute Gasteiger partial charge is 0.257 e. The van der Waals surface area contributed by atoms with Gasteiger partial charge in [-0.1, -0.05) is 34.5 Å². The number of rotatable bonds is 4. The van der Waals surface area contributed by atoms with Crippen LogP contribution in [-0.2, 0) is 4.79 Å². The van der Waals surface area contributed by atoms with E-state index in [-0.39, 0.29) is 16.9 Å². The van der Waals surface area contributed by atoms with Gasteiger partial charge in [-0.15, -0.1) is 0 Å². The summed E-state index contributed by atoms with van der Waals surface area (Å²) in [6.07, 6.45) is 0.514. The van der Waals surface area contributed by atoms with Crippen molar-refractivity contribution in [1.29, 1.82) is 0 Å². The molecule has 0 aromatic heterocycles. The van der Waals surface area contributed by atoms with Crippen LogP contribution in [0.1, 0.15) is 23.7 Å². The van der Waals surface area contributed by atoms with Crippen LogP contribution in [0.3, 0.4) is 0 Å². The van der Waals surface area contributed by atoms with E-state index >= 15 is 0 Å². The molecule has 1 saturated heterocycles. The van der Waals surface area contributed by atoms with Crippen molar-refractivity contribution in [3.8, 4) is 0 Å². The van der Waals surface area contributed by atoms with Crippen molar-refractivity contribution in [1.82, 2.24) is 10.2 Å². The lowest BCUT2D eigenvalue weighted by atomic mass is 10.2. The van der Waals surface area contributed by atoms with Gasteiger partial charge in [0.05, 0.1) is 11.4 Å². The van der Waals surface area contributed by atoms with E-state index in [2.05, 4.69) is 31.5 Å². The number of anilines is 2. The van der Waals surface area contributed by atoms with Crippen molar-refractivity contribution >= 4 is 68.1 Å². The second-order valence-electron chi connectivity index (χ2n) is 6.80. The molecule has 2 aromatic carbocycles. The highest BCUT2D eigenvalue weighted by Crippen LogP contribution is 2.30. The molecule has 1 fully saturated rings. The Morgan fingerprint density at radius 3 is 2.40 bits per heavy atom. The number of amides is 2. The number of thiocarbonyl (C=S) groups is 1. The van der Waals surface area contributed by atoms with Crippen molar-refractivity contribution < 1.29 is 9.59 Å². The highest BCUT2D eigenvalue weighted by molar-refractivity contribution is 9.10. The van der Waals surface area contributed by atoms with Gasteiger partial charge < -0.3 is 15.1 Å². The number of nitrogens with zero attached hydrogens (tertiary/aromatic N) is 2. The summed E-state index contributed by atoms with van der Waals surface area (Å²) in [5.41, 5.74) is 2.13. The van der Waals surface area contributed by atoms with Gasteiger partial charge in [0.15, 0.2) is 5.11 Å². The Morgan fingerprint density at radius 1 is 1.10 bits per heavy atom. The van der Waals surface area contributed by atoms with E-state index < -0.39 is 0 Å². The van der Waals surface area contributed by atoms with E-state index in [9.17, 15) is 9.59 Å². The monoisotopic (exact) mass is 508 g/mol. The number of piperazine rings is 1. The highest BCUT2D eigenvalue weighted by atomic mass is 79.9. The Bertz CT molecular complexity index is 947. The predicted molar refractivity (Wildman–Crippen MR) is 128 cm³/mol. The first kappa shape index (κ1) is 22.5.